The standard InChI is InChI=1S/C13H20N2O4/c1-18-12(16)9-8-14-11(10(9)13(17)19-2)15-6-4-3-5-7-15/h9-10H,3-8H2,1-2H3/t9-,10+/m1/s1. The molecule has 1 saturated heterocycles. The van der Waals surface area contributed by atoms with E-state index in [2.05, 4.69) is 9.89 Å². The normalized spacial score (nSPS) is 26.8. The van der Waals surface area contributed by atoms with Crippen molar-refractivity contribution in [1.29, 1.82) is 0 Å². The van der Waals surface area contributed by atoms with Gasteiger partial charge in [-0.3, -0.25) is 14.6 Å². The Bertz CT molecular complexity index is 388. The van der Waals surface area contributed by atoms with Crippen molar-refractivity contribution in [2.75, 3.05) is 33.9 Å². The molecule has 2 heterocycles. The largest absolute Gasteiger partial charge is 0.469 e. The van der Waals surface area contributed by atoms with Crippen LogP contribution in [0.3, 0.4) is 0 Å². The highest BCUT2D eigenvalue weighted by molar-refractivity contribution is 6.06. The van der Waals surface area contributed by atoms with Gasteiger partial charge in [0.15, 0.2) is 0 Å². The molecule has 0 aliphatic carbocycles. The molecule has 6 heteroatoms. The summed E-state index contributed by atoms with van der Waals surface area (Å²) in [5.74, 6) is -1.27. The number of hydrogen-bond acceptors (Lipinski definition) is 6. The minimum atomic E-state index is -0.615. The average Bonchev–Trinajstić information content (AvgIpc) is 2.91. The number of aliphatic imine (C=N–C) groups is 1. The zero-order valence-electron chi connectivity index (χ0n) is 11.4. The van der Waals surface area contributed by atoms with Crippen LogP contribution in [0.2, 0.25) is 0 Å². The molecule has 19 heavy (non-hydrogen) atoms. The molecular weight excluding hydrogens is 248 g/mol. The molecule has 1 fully saturated rings. The Balaban J connectivity index is 2.17. The van der Waals surface area contributed by atoms with E-state index >= 15 is 0 Å². The Morgan fingerprint density at radius 2 is 1.74 bits per heavy atom. The topological polar surface area (TPSA) is 68.2 Å². The third-order valence-corrected chi connectivity index (χ3v) is 3.77. The van der Waals surface area contributed by atoms with Gasteiger partial charge in [0.05, 0.1) is 26.7 Å². The van der Waals surface area contributed by atoms with Crippen molar-refractivity contribution < 1.29 is 19.1 Å². The minimum Gasteiger partial charge on any atom is -0.469 e. The quantitative estimate of drug-likeness (QED) is 0.681. The average molecular weight is 268 g/mol. The van der Waals surface area contributed by atoms with Crippen molar-refractivity contribution in [2.45, 2.75) is 19.3 Å². The van der Waals surface area contributed by atoms with E-state index in [-0.39, 0.29) is 0 Å². The van der Waals surface area contributed by atoms with Crippen molar-refractivity contribution in [3.63, 3.8) is 0 Å². The SMILES string of the molecule is COC(=O)[C@@H]1C(N2CCCCC2)=NC[C@H]1C(=O)OC. The molecule has 0 bridgehead atoms. The first-order valence-electron chi connectivity index (χ1n) is 6.64. The Kier molecular flexibility index (Phi) is 4.39. The Labute approximate surface area is 112 Å². The summed E-state index contributed by atoms with van der Waals surface area (Å²) < 4.78 is 9.58. The molecule has 0 saturated carbocycles. The van der Waals surface area contributed by atoms with Crippen LogP contribution < -0.4 is 0 Å². The van der Waals surface area contributed by atoms with E-state index in [0.717, 1.165) is 25.9 Å². The molecule has 0 amide bonds. The molecule has 2 aliphatic rings. The molecule has 0 radical (unpaired) electrons. The van der Waals surface area contributed by atoms with Gasteiger partial charge in [0.2, 0.25) is 0 Å². The second-order valence-corrected chi connectivity index (χ2v) is 4.88. The van der Waals surface area contributed by atoms with Gasteiger partial charge in [0, 0.05) is 13.1 Å². The lowest BCUT2D eigenvalue weighted by molar-refractivity contribution is -0.154. The van der Waals surface area contributed by atoms with Gasteiger partial charge in [-0.25, -0.2) is 0 Å². The smallest absolute Gasteiger partial charge is 0.317 e. The number of rotatable bonds is 2. The van der Waals surface area contributed by atoms with Crippen LogP contribution in [0.25, 0.3) is 0 Å². The van der Waals surface area contributed by atoms with E-state index in [0.29, 0.717) is 12.4 Å². The van der Waals surface area contributed by atoms with Crippen molar-refractivity contribution in [1.82, 2.24) is 4.90 Å². The lowest BCUT2D eigenvalue weighted by Crippen LogP contribution is -2.44. The molecular formula is C13H20N2O4. The molecule has 0 aromatic heterocycles. The summed E-state index contributed by atoms with van der Waals surface area (Å²) in [6.07, 6.45) is 3.39. The summed E-state index contributed by atoms with van der Waals surface area (Å²) in [4.78, 5) is 30.2. The Morgan fingerprint density at radius 3 is 2.32 bits per heavy atom. The van der Waals surface area contributed by atoms with Crippen LogP contribution in [-0.4, -0.2) is 56.5 Å². The van der Waals surface area contributed by atoms with E-state index in [1.54, 1.807) is 0 Å². The number of esters is 2. The monoisotopic (exact) mass is 268 g/mol. The van der Waals surface area contributed by atoms with Crippen LogP contribution in [0.4, 0.5) is 0 Å². The third kappa shape index (κ3) is 2.72. The molecule has 2 aliphatic heterocycles. The van der Waals surface area contributed by atoms with Crippen LogP contribution in [0, 0.1) is 11.8 Å². The fraction of sp³-hybridized carbons (Fsp3) is 0.769. The van der Waals surface area contributed by atoms with Crippen molar-refractivity contribution in [3.05, 3.63) is 0 Å². The van der Waals surface area contributed by atoms with Crippen LogP contribution in [0.5, 0.6) is 0 Å². The van der Waals surface area contributed by atoms with Gasteiger partial charge in [-0.05, 0) is 19.3 Å². The number of ether oxygens (including phenoxy) is 2. The molecule has 0 aromatic carbocycles. The van der Waals surface area contributed by atoms with Gasteiger partial charge < -0.3 is 14.4 Å². The second kappa shape index (κ2) is 6.04. The van der Waals surface area contributed by atoms with Crippen LogP contribution in [-0.2, 0) is 19.1 Å². The minimum absolute atomic E-state index is 0.304. The molecule has 0 unspecified atom stereocenters. The van der Waals surface area contributed by atoms with E-state index in [1.807, 2.05) is 0 Å². The number of carbonyl (C=O) groups excluding carboxylic acids is 2. The van der Waals surface area contributed by atoms with Crippen molar-refractivity contribution >= 4 is 17.8 Å². The number of amidine groups is 1. The van der Waals surface area contributed by atoms with Gasteiger partial charge in [-0.1, -0.05) is 0 Å². The fourth-order valence-corrected chi connectivity index (χ4v) is 2.75. The van der Waals surface area contributed by atoms with E-state index in [4.69, 9.17) is 9.47 Å². The number of nitrogens with zero attached hydrogens (tertiary/aromatic N) is 2. The maximum Gasteiger partial charge on any atom is 0.317 e. The van der Waals surface area contributed by atoms with Crippen molar-refractivity contribution in [3.8, 4) is 0 Å². The van der Waals surface area contributed by atoms with Crippen LogP contribution in [0.1, 0.15) is 19.3 Å². The van der Waals surface area contributed by atoms with Crippen molar-refractivity contribution in [2.24, 2.45) is 16.8 Å². The highest BCUT2D eigenvalue weighted by Gasteiger charge is 2.45. The fourth-order valence-electron chi connectivity index (χ4n) is 2.75. The predicted octanol–water partition coefficient (Wildman–Crippen LogP) is 0.463. The van der Waals surface area contributed by atoms with Gasteiger partial charge in [-0.15, -0.1) is 0 Å². The van der Waals surface area contributed by atoms with E-state index < -0.39 is 23.8 Å². The molecule has 0 spiro atoms. The summed E-state index contributed by atoms with van der Waals surface area (Å²) in [6, 6.07) is 0. The molecule has 106 valence electrons. The van der Waals surface area contributed by atoms with E-state index in [9.17, 15) is 9.59 Å². The van der Waals surface area contributed by atoms with E-state index in [1.165, 1.54) is 20.6 Å². The van der Waals surface area contributed by atoms with Gasteiger partial charge in [-0.2, -0.15) is 0 Å². The Morgan fingerprint density at radius 1 is 1.11 bits per heavy atom. The number of piperidine rings is 1. The summed E-state index contributed by atoms with van der Waals surface area (Å²) in [6.45, 7) is 2.08. The molecule has 2 atom stereocenters. The number of carbonyl (C=O) groups is 2. The van der Waals surface area contributed by atoms with Gasteiger partial charge >= 0.3 is 11.9 Å². The maximum absolute atomic E-state index is 12.0. The number of hydrogen-bond donors (Lipinski definition) is 0. The zero-order valence-corrected chi connectivity index (χ0v) is 11.4. The summed E-state index contributed by atoms with van der Waals surface area (Å²) >= 11 is 0. The lowest BCUT2D eigenvalue weighted by atomic mass is 9.92. The number of methoxy groups -OCH3 is 2. The molecule has 2 rings (SSSR count). The van der Waals surface area contributed by atoms with Gasteiger partial charge in [0.1, 0.15) is 11.8 Å². The molecule has 0 aromatic rings. The van der Waals surface area contributed by atoms with Crippen LogP contribution in [0.15, 0.2) is 4.99 Å². The summed E-state index contributed by atoms with van der Waals surface area (Å²) in [7, 11) is 2.67. The zero-order chi connectivity index (χ0) is 13.8. The highest BCUT2D eigenvalue weighted by Crippen LogP contribution is 2.27. The lowest BCUT2D eigenvalue weighted by Gasteiger charge is -2.31. The number of likely N-dealkylation sites (tertiary alicyclic amines) is 1. The summed E-state index contributed by atoms with van der Waals surface area (Å²) in [5.41, 5.74) is 0. The second-order valence-electron chi connectivity index (χ2n) is 4.88. The predicted molar refractivity (Wildman–Crippen MR) is 68.7 cm³/mol. The highest BCUT2D eigenvalue weighted by atomic mass is 16.5. The first-order valence-corrected chi connectivity index (χ1v) is 6.64. The Hall–Kier alpha value is -1.59. The maximum atomic E-state index is 12.0. The molecule has 6 nitrogen and oxygen atoms in total. The first kappa shape index (κ1) is 13.8. The van der Waals surface area contributed by atoms with Gasteiger partial charge in [0.25, 0.3) is 0 Å². The third-order valence-electron chi connectivity index (χ3n) is 3.77. The molecule has 0 N–H and O–H groups in total. The van der Waals surface area contributed by atoms with Crippen LogP contribution >= 0.6 is 0 Å². The summed E-state index contributed by atoms with van der Waals surface area (Å²) in [5, 5.41) is 0. The first-order chi connectivity index (χ1) is 9.19.